The van der Waals surface area contributed by atoms with E-state index in [4.69, 9.17) is 4.42 Å². The van der Waals surface area contributed by atoms with E-state index in [2.05, 4.69) is 25.8 Å². The lowest BCUT2D eigenvalue weighted by molar-refractivity contribution is -0.120. The van der Waals surface area contributed by atoms with Gasteiger partial charge in [0.25, 0.3) is 0 Å². The second kappa shape index (κ2) is 9.24. The summed E-state index contributed by atoms with van der Waals surface area (Å²) < 4.78 is 5.19. The summed E-state index contributed by atoms with van der Waals surface area (Å²) >= 11 is 0. The Kier molecular flexibility index (Phi) is 7.30. The van der Waals surface area contributed by atoms with Crippen LogP contribution in [-0.4, -0.2) is 55.9 Å². The number of carbonyl (C=O) groups excluding carboxylic acids is 2. The van der Waals surface area contributed by atoms with Crippen LogP contribution in [0.5, 0.6) is 0 Å². The van der Waals surface area contributed by atoms with Crippen LogP contribution in [0.2, 0.25) is 0 Å². The molecule has 2 aliphatic rings. The quantitative estimate of drug-likeness (QED) is 0.338. The molecule has 1 aromatic heterocycles. The van der Waals surface area contributed by atoms with Gasteiger partial charge in [-0.05, 0) is 25.0 Å². The Hall–Kier alpha value is -1.78. The van der Waals surface area contributed by atoms with E-state index in [0.717, 1.165) is 32.5 Å². The Bertz CT molecular complexity index is 649. The smallest absolute Gasteiger partial charge is 0.239 e. The molecule has 0 saturated carbocycles. The van der Waals surface area contributed by atoms with Gasteiger partial charge in [0.1, 0.15) is 5.76 Å². The third-order valence-electron chi connectivity index (χ3n) is 4.82. The van der Waals surface area contributed by atoms with Crippen LogP contribution >= 0.6 is 24.0 Å². The number of likely N-dealkylation sites (tertiary alicyclic amines) is 1. The predicted octanol–water partition coefficient (Wildman–Crippen LogP) is 0.691. The average molecular weight is 475 g/mol. The van der Waals surface area contributed by atoms with Gasteiger partial charge in [0, 0.05) is 38.5 Å². The van der Waals surface area contributed by atoms with Crippen LogP contribution in [0, 0.1) is 5.41 Å². The zero-order valence-corrected chi connectivity index (χ0v) is 17.2. The van der Waals surface area contributed by atoms with Crippen LogP contribution in [-0.2, 0) is 16.1 Å². The lowest BCUT2D eigenvalue weighted by Gasteiger charge is -2.40. The molecule has 26 heavy (non-hydrogen) atoms. The molecular weight excluding hydrogens is 449 g/mol. The van der Waals surface area contributed by atoms with Gasteiger partial charge >= 0.3 is 0 Å². The van der Waals surface area contributed by atoms with Crippen molar-refractivity contribution in [2.45, 2.75) is 25.8 Å². The van der Waals surface area contributed by atoms with Gasteiger partial charge in [-0.25, -0.2) is 0 Å². The summed E-state index contributed by atoms with van der Waals surface area (Å²) in [6.45, 7) is 2.90. The number of amides is 2. The van der Waals surface area contributed by atoms with E-state index in [1.165, 1.54) is 0 Å². The molecule has 1 atom stereocenters. The number of hydrogen-bond donors (Lipinski definition) is 3. The summed E-state index contributed by atoms with van der Waals surface area (Å²) in [6.07, 6.45) is 4.21. The molecule has 8 nitrogen and oxygen atoms in total. The number of rotatable bonds is 4. The van der Waals surface area contributed by atoms with Gasteiger partial charge in [-0.2, -0.15) is 0 Å². The van der Waals surface area contributed by atoms with Crippen LogP contribution in [0.1, 0.15) is 25.0 Å². The van der Waals surface area contributed by atoms with Gasteiger partial charge < -0.3 is 25.3 Å². The normalized spacial score (nSPS) is 22.7. The first-order valence-corrected chi connectivity index (χ1v) is 8.62. The molecule has 1 spiro atoms. The van der Waals surface area contributed by atoms with Crippen molar-refractivity contribution in [1.29, 1.82) is 0 Å². The molecule has 2 fully saturated rings. The molecule has 0 aliphatic carbocycles. The number of aliphatic imine (C=N–C) groups is 1. The summed E-state index contributed by atoms with van der Waals surface area (Å²) in [5.41, 5.74) is -0.00546. The predicted molar refractivity (Wildman–Crippen MR) is 108 cm³/mol. The molecule has 2 saturated heterocycles. The fraction of sp³-hybridized carbons (Fsp3) is 0.588. The molecular formula is C17H26IN5O3. The minimum absolute atomic E-state index is 0. The number of furan rings is 1. The third-order valence-corrected chi connectivity index (χ3v) is 4.82. The summed E-state index contributed by atoms with van der Waals surface area (Å²) in [6, 6.07) is 3.60. The first kappa shape index (κ1) is 20.5. The topological polar surface area (TPSA) is 99.0 Å². The van der Waals surface area contributed by atoms with Crippen molar-refractivity contribution in [1.82, 2.24) is 20.9 Å². The first-order chi connectivity index (χ1) is 12.1. The van der Waals surface area contributed by atoms with E-state index in [1.54, 1.807) is 19.4 Å². The highest BCUT2D eigenvalue weighted by Crippen LogP contribution is 2.35. The highest BCUT2D eigenvalue weighted by Gasteiger charge is 2.42. The molecule has 3 heterocycles. The zero-order valence-electron chi connectivity index (χ0n) is 14.9. The van der Waals surface area contributed by atoms with E-state index in [9.17, 15) is 9.59 Å². The summed E-state index contributed by atoms with van der Waals surface area (Å²) in [5, 5.41) is 8.85. The third kappa shape index (κ3) is 5.12. The van der Waals surface area contributed by atoms with Crippen molar-refractivity contribution < 1.29 is 14.0 Å². The molecule has 0 bridgehead atoms. The summed E-state index contributed by atoms with van der Waals surface area (Å²) in [4.78, 5) is 30.0. The maximum Gasteiger partial charge on any atom is 0.239 e. The molecule has 0 aromatic carbocycles. The van der Waals surface area contributed by atoms with Gasteiger partial charge in [0.2, 0.25) is 11.8 Å². The Labute approximate surface area is 170 Å². The Balaban J connectivity index is 0.00000243. The fourth-order valence-corrected chi connectivity index (χ4v) is 3.58. The van der Waals surface area contributed by atoms with Crippen LogP contribution in [0.4, 0.5) is 0 Å². The SMILES string of the molecule is CN=C(NCC(=O)NCc1ccco1)N1CCCC2(CNC(=O)C2)C1.I. The monoisotopic (exact) mass is 475 g/mol. The number of guanidine groups is 1. The van der Waals surface area contributed by atoms with Gasteiger partial charge in [-0.15, -0.1) is 24.0 Å². The minimum Gasteiger partial charge on any atom is -0.467 e. The van der Waals surface area contributed by atoms with Crippen molar-refractivity contribution in [2.75, 3.05) is 33.2 Å². The van der Waals surface area contributed by atoms with Crippen LogP contribution in [0.3, 0.4) is 0 Å². The van der Waals surface area contributed by atoms with Crippen LogP contribution < -0.4 is 16.0 Å². The highest BCUT2D eigenvalue weighted by molar-refractivity contribution is 14.0. The van der Waals surface area contributed by atoms with Crippen LogP contribution in [0.25, 0.3) is 0 Å². The van der Waals surface area contributed by atoms with Crippen molar-refractivity contribution in [2.24, 2.45) is 10.4 Å². The minimum atomic E-state index is -0.123. The molecule has 144 valence electrons. The molecule has 1 aromatic rings. The highest BCUT2D eigenvalue weighted by atomic mass is 127. The molecule has 3 rings (SSSR count). The second-order valence-electron chi connectivity index (χ2n) is 6.74. The van der Waals surface area contributed by atoms with Gasteiger partial charge in [-0.3, -0.25) is 14.6 Å². The Morgan fingerprint density at radius 1 is 1.46 bits per heavy atom. The van der Waals surface area contributed by atoms with Crippen LogP contribution in [0.15, 0.2) is 27.8 Å². The molecule has 3 N–H and O–H groups in total. The summed E-state index contributed by atoms with van der Waals surface area (Å²) in [5.74, 6) is 1.42. The van der Waals surface area contributed by atoms with E-state index < -0.39 is 0 Å². The number of hydrogen-bond acceptors (Lipinski definition) is 4. The van der Waals surface area contributed by atoms with E-state index in [0.29, 0.717) is 24.7 Å². The van der Waals surface area contributed by atoms with E-state index >= 15 is 0 Å². The lowest BCUT2D eigenvalue weighted by Crippen LogP contribution is -2.52. The van der Waals surface area contributed by atoms with Gasteiger partial charge in [-0.1, -0.05) is 0 Å². The van der Waals surface area contributed by atoms with E-state index in [-0.39, 0.29) is 47.8 Å². The van der Waals surface area contributed by atoms with Crippen molar-refractivity contribution in [3.8, 4) is 0 Å². The lowest BCUT2D eigenvalue weighted by atomic mass is 9.79. The Morgan fingerprint density at radius 3 is 2.96 bits per heavy atom. The van der Waals surface area contributed by atoms with E-state index in [1.807, 2.05) is 6.07 Å². The van der Waals surface area contributed by atoms with Crippen molar-refractivity contribution >= 4 is 41.8 Å². The first-order valence-electron chi connectivity index (χ1n) is 8.62. The average Bonchev–Trinajstić information content (AvgIpc) is 3.24. The number of carbonyl (C=O) groups is 2. The largest absolute Gasteiger partial charge is 0.467 e. The number of nitrogens with one attached hydrogen (secondary N) is 3. The number of piperidine rings is 1. The van der Waals surface area contributed by atoms with Crippen molar-refractivity contribution in [3.63, 3.8) is 0 Å². The maximum absolute atomic E-state index is 12.0. The molecule has 2 amide bonds. The van der Waals surface area contributed by atoms with Gasteiger partial charge in [0.05, 0.1) is 19.4 Å². The summed E-state index contributed by atoms with van der Waals surface area (Å²) in [7, 11) is 1.71. The second-order valence-corrected chi connectivity index (χ2v) is 6.74. The maximum atomic E-state index is 12.0. The molecule has 1 unspecified atom stereocenters. The molecule has 2 aliphatic heterocycles. The molecule has 9 heteroatoms. The van der Waals surface area contributed by atoms with Crippen molar-refractivity contribution in [3.05, 3.63) is 24.2 Å². The zero-order chi connectivity index (χ0) is 17.7. The fourth-order valence-electron chi connectivity index (χ4n) is 3.58. The standard InChI is InChI=1S/C17H25N5O3.HI/c1-18-16(20-10-15(24)19-9-13-4-2-7-25-13)22-6-3-5-17(12-22)8-14(23)21-11-17;/h2,4,7H,3,5-6,8-12H2,1H3,(H,18,20)(H,19,24)(H,21,23);1H. The molecule has 0 radical (unpaired) electrons. The number of nitrogens with zero attached hydrogens (tertiary/aromatic N) is 2. The van der Waals surface area contributed by atoms with Gasteiger partial charge in [0.15, 0.2) is 5.96 Å². The Morgan fingerprint density at radius 2 is 2.31 bits per heavy atom. The number of halogens is 1.